The highest BCUT2D eigenvalue weighted by atomic mass is 32.2. The molecule has 0 spiro atoms. The number of hydrogen-bond donors (Lipinski definition) is 2. The van der Waals surface area contributed by atoms with E-state index in [4.69, 9.17) is 5.73 Å². The van der Waals surface area contributed by atoms with Crippen LogP contribution in [-0.4, -0.2) is 8.42 Å². The van der Waals surface area contributed by atoms with E-state index in [1.165, 1.54) is 18.2 Å². The van der Waals surface area contributed by atoms with E-state index in [9.17, 15) is 12.8 Å². The third-order valence-electron chi connectivity index (χ3n) is 3.33. The zero-order valence-corrected chi connectivity index (χ0v) is 12.7. The second-order valence-electron chi connectivity index (χ2n) is 4.81. The molecule has 0 unspecified atom stereocenters. The molecule has 2 aromatic rings. The average Bonchev–Trinajstić information content (AvgIpc) is 2.42. The molecule has 2 rings (SSSR count). The van der Waals surface area contributed by atoms with Crippen LogP contribution in [0.3, 0.4) is 0 Å². The van der Waals surface area contributed by atoms with Crippen molar-refractivity contribution in [1.29, 1.82) is 0 Å². The van der Waals surface area contributed by atoms with Gasteiger partial charge in [-0.2, -0.15) is 0 Å². The lowest BCUT2D eigenvalue weighted by Gasteiger charge is -2.13. The smallest absolute Gasteiger partial charge is 0.262 e. The second-order valence-corrected chi connectivity index (χ2v) is 6.46. The largest absolute Gasteiger partial charge is 0.326 e. The van der Waals surface area contributed by atoms with Crippen LogP contribution in [0, 0.1) is 19.7 Å². The first-order valence-electron chi connectivity index (χ1n) is 6.42. The van der Waals surface area contributed by atoms with E-state index in [0.717, 1.165) is 11.6 Å². The van der Waals surface area contributed by atoms with E-state index >= 15 is 0 Å². The van der Waals surface area contributed by atoms with Crippen molar-refractivity contribution >= 4 is 15.7 Å². The molecule has 6 heteroatoms. The summed E-state index contributed by atoms with van der Waals surface area (Å²) in [5.74, 6) is -0.456. The lowest BCUT2D eigenvalue weighted by Crippen LogP contribution is -2.15. The Balaban J connectivity index is 2.41. The average molecular weight is 308 g/mol. The van der Waals surface area contributed by atoms with Crippen molar-refractivity contribution in [3.05, 3.63) is 58.9 Å². The first-order chi connectivity index (χ1) is 9.85. The van der Waals surface area contributed by atoms with Gasteiger partial charge in [-0.1, -0.05) is 18.2 Å². The maximum absolute atomic E-state index is 13.5. The zero-order valence-electron chi connectivity index (χ0n) is 11.9. The zero-order chi connectivity index (χ0) is 15.6. The van der Waals surface area contributed by atoms with Crippen LogP contribution in [0.5, 0.6) is 0 Å². The van der Waals surface area contributed by atoms with Crippen LogP contribution in [0.15, 0.2) is 41.3 Å². The molecule has 0 heterocycles. The number of anilines is 1. The monoisotopic (exact) mass is 308 g/mol. The van der Waals surface area contributed by atoms with Gasteiger partial charge in [0.1, 0.15) is 5.82 Å². The minimum Gasteiger partial charge on any atom is -0.326 e. The van der Waals surface area contributed by atoms with Crippen LogP contribution in [0.2, 0.25) is 0 Å². The molecule has 3 N–H and O–H groups in total. The van der Waals surface area contributed by atoms with Crippen LogP contribution < -0.4 is 10.5 Å². The quantitative estimate of drug-likeness (QED) is 0.912. The molecule has 0 aliphatic rings. The van der Waals surface area contributed by atoms with Gasteiger partial charge in [-0.05, 0) is 48.7 Å². The number of benzene rings is 2. The summed E-state index contributed by atoms with van der Waals surface area (Å²) in [5, 5.41) is 0. The molecule has 0 aliphatic carbocycles. The van der Waals surface area contributed by atoms with Crippen LogP contribution >= 0.6 is 0 Å². The van der Waals surface area contributed by atoms with Crippen LogP contribution in [0.1, 0.15) is 16.7 Å². The second kappa shape index (κ2) is 5.83. The SMILES string of the molecule is Cc1ccc(NS(=O)(=O)c2cccc(CN)c2C)cc1F. The highest BCUT2D eigenvalue weighted by Gasteiger charge is 2.18. The van der Waals surface area contributed by atoms with Crippen molar-refractivity contribution in [3.63, 3.8) is 0 Å². The lowest BCUT2D eigenvalue weighted by atomic mass is 10.1. The summed E-state index contributed by atoms with van der Waals surface area (Å²) in [6.45, 7) is 3.57. The number of rotatable bonds is 4. The highest BCUT2D eigenvalue weighted by Crippen LogP contribution is 2.22. The van der Waals surface area contributed by atoms with E-state index in [1.807, 2.05) is 0 Å². The Hall–Kier alpha value is -1.92. The molecular formula is C15H17FN2O2S. The number of sulfonamides is 1. The molecule has 0 fully saturated rings. The number of halogens is 1. The Morgan fingerprint density at radius 1 is 1.19 bits per heavy atom. The van der Waals surface area contributed by atoms with E-state index in [1.54, 1.807) is 26.0 Å². The summed E-state index contributed by atoms with van der Waals surface area (Å²) >= 11 is 0. The number of aryl methyl sites for hydroxylation is 1. The molecule has 0 saturated carbocycles. The van der Waals surface area contributed by atoms with Crippen molar-refractivity contribution in [3.8, 4) is 0 Å². The minimum atomic E-state index is -3.78. The molecule has 112 valence electrons. The van der Waals surface area contributed by atoms with Gasteiger partial charge in [-0.25, -0.2) is 12.8 Å². The van der Waals surface area contributed by atoms with E-state index in [-0.39, 0.29) is 17.1 Å². The molecule has 0 radical (unpaired) electrons. The standard InChI is InChI=1S/C15H17FN2O2S/c1-10-6-7-13(8-14(10)16)18-21(19,20)15-5-3-4-12(9-17)11(15)2/h3-8,18H,9,17H2,1-2H3. The van der Waals surface area contributed by atoms with Gasteiger partial charge in [0.25, 0.3) is 10.0 Å². The van der Waals surface area contributed by atoms with E-state index in [2.05, 4.69) is 4.72 Å². The van der Waals surface area contributed by atoms with Gasteiger partial charge in [0, 0.05) is 6.54 Å². The summed E-state index contributed by atoms with van der Waals surface area (Å²) in [6, 6.07) is 9.13. The van der Waals surface area contributed by atoms with Gasteiger partial charge < -0.3 is 5.73 Å². The Kier molecular flexibility index (Phi) is 4.29. The van der Waals surface area contributed by atoms with Crippen LogP contribution in [0.25, 0.3) is 0 Å². The molecule has 0 saturated heterocycles. The van der Waals surface area contributed by atoms with Crippen LogP contribution in [0.4, 0.5) is 10.1 Å². The Labute approximate surface area is 123 Å². The Bertz CT molecular complexity index is 773. The van der Waals surface area contributed by atoms with E-state index in [0.29, 0.717) is 11.1 Å². The molecule has 0 bridgehead atoms. The van der Waals surface area contributed by atoms with Gasteiger partial charge in [-0.15, -0.1) is 0 Å². The van der Waals surface area contributed by atoms with Gasteiger partial charge in [0.05, 0.1) is 10.6 Å². The number of nitrogens with two attached hydrogens (primary N) is 1. The predicted octanol–water partition coefficient (Wildman–Crippen LogP) is 2.70. The number of nitrogens with one attached hydrogen (secondary N) is 1. The molecule has 0 atom stereocenters. The van der Waals surface area contributed by atoms with Crippen molar-refractivity contribution in [2.45, 2.75) is 25.3 Å². The summed E-state index contributed by atoms with van der Waals surface area (Å²) in [5.41, 5.74) is 7.59. The molecule has 0 amide bonds. The summed E-state index contributed by atoms with van der Waals surface area (Å²) in [6.07, 6.45) is 0. The van der Waals surface area contributed by atoms with Crippen molar-refractivity contribution in [2.75, 3.05) is 4.72 Å². The fourth-order valence-corrected chi connectivity index (χ4v) is 3.38. The maximum Gasteiger partial charge on any atom is 0.262 e. The molecular weight excluding hydrogens is 291 g/mol. The third-order valence-corrected chi connectivity index (χ3v) is 4.86. The normalized spacial score (nSPS) is 11.4. The van der Waals surface area contributed by atoms with Gasteiger partial charge >= 0.3 is 0 Å². The topological polar surface area (TPSA) is 72.2 Å². The van der Waals surface area contributed by atoms with Crippen LogP contribution in [-0.2, 0) is 16.6 Å². The first kappa shape index (κ1) is 15.5. The number of hydrogen-bond acceptors (Lipinski definition) is 3. The minimum absolute atomic E-state index is 0.145. The van der Waals surface area contributed by atoms with Gasteiger partial charge in [-0.3, -0.25) is 4.72 Å². The highest BCUT2D eigenvalue weighted by molar-refractivity contribution is 7.92. The molecule has 4 nitrogen and oxygen atoms in total. The summed E-state index contributed by atoms with van der Waals surface area (Å²) in [4.78, 5) is 0.145. The Morgan fingerprint density at radius 3 is 2.52 bits per heavy atom. The fourth-order valence-electron chi connectivity index (χ4n) is 2.04. The summed E-state index contributed by atoms with van der Waals surface area (Å²) in [7, 11) is -3.78. The molecule has 0 aromatic heterocycles. The van der Waals surface area contributed by atoms with E-state index < -0.39 is 15.8 Å². The maximum atomic E-state index is 13.5. The molecule has 2 aromatic carbocycles. The fraction of sp³-hybridized carbons (Fsp3) is 0.200. The van der Waals surface area contributed by atoms with Gasteiger partial charge in [0.15, 0.2) is 0 Å². The Morgan fingerprint density at radius 2 is 1.90 bits per heavy atom. The van der Waals surface area contributed by atoms with Crippen molar-refractivity contribution in [1.82, 2.24) is 0 Å². The molecule has 0 aliphatic heterocycles. The predicted molar refractivity (Wildman–Crippen MR) is 81.0 cm³/mol. The van der Waals surface area contributed by atoms with Crippen molar-refractivity contribution in [2.24, 2.45) is 5.73 Å². The van der Waals surface area contributed by atoms with Gasteiger partial charge in [0.2, 0.25) is 0 Å². The molecule has 21 heavy (non-hydrogen) atoms. The first-order valence-corrected chi connectivity index (χ1v) is 7.91. The van der Waals surface area contributed by atoms with Crippen molar-refractivity contribution < 1.29 is 12.8 Å². The third kappa shape index (κ3) is 3.22. The lowest BCUT2D eigenvalue weighted by molar-refractivity contribution is 0.600. The summed E-state index contributed by atoms with van der Waals surface area (Å²) < 4.78 is 40.7.